The highest BCUT2D eigenvalue weighted by atomic mass is 32.2. The molecular formula is C21H28N2O3S2. The topological polar surface area (TPSA) is 66.5 Å². The van der Waals surface area contributed by atoms with E-state index in [4.69, 9.17) is 0 Å². The lowest BCUT2D eigenvalue weighted by atomic mass is 10.1. The zero-order chi connectivity index (χ0) is 20.6. The van der Waals surface area contributed by atoms with E-state index in [0.29, 0.717) is 25.2 Å². The van der Waals surface area contributed by atoms with Gasteiger partial charge in [0.25, 0.3) is 5.91 Å². The number of benzene rings is 2. The van der Waals surface area contributed by atoms with Gasteiger partial charge in [-0.05, 0) is 30.2 Å². The molecule has 1 amide bonds. The quantitative estimate of drug-likeness (QED) is 0.596. The molecule has 0 radical (unpaired) electrons. The first kappa shape index (κ1) is 22.5. The highest BCUT2D eigenvalue weighted by Crippen LogP contribution is 2.19. The molecule has 0 aliphatic carbocycles. The number of hydrogen-bond donors (Lipinski definition) is 1. The van der Waals surface area contributed by atoms with E-state index in [2.05, 4.69) is 17.4 Å². The third kappa shape index (κ3) is 5.83. The summed E-state index contributed by atoms with van der Waals surface area (Å²) in [6.45, 7) is 6.74. The van der Waals surface area contributed by atoms with E-state index in [-0.39, 0.29) is 10.8 Å². The van der Waals surface area contributed by atoms with E-state index < -0.39 is 10.0 Å². The normalized spacial score (nSPS) is 11.6. The second-order valence-electron chi connectivity index (χ2n) is 6.36. The van der Waals surface area contributed by atoms with Crippen LogP contribution in [0.1, 0.15) is 35.3 Å². The molecule has 1 N–H and O–H groups in total. The van der Waals surface area contributed by atoms with Crippen molar-refractivity contribution in [3.05, 3.63) is 65.2 Å². The van der Waals surface area contributed by atoms with Gasteiger partial charge in [-0.2, -0.15) is 16.1 Å². The van der Waals surface area contributed by atoms with Gasteiger partial charge in [0.2, 0.25) is 10.0 Å². The Morgan fingerprint density at radius 1 is 1.07 bits per heavy atom. The van der Waals surface area contributed by atoms with Crippen LogP contribution >= 0.6 is 11.8 Å². The summed E-state index contributed by atoms with van der Waals surface area (Å²) in [5.74, 6) is 1.44. The molecule has 0 spiro atoms. The van der Waals surface area contributed by atoms with Gasteiger partial charge in [0, 0.05) is 36.7 Å². The molecule has 0 fully saturated rings. The molecule has 0 aliphatic rings. The number of nitrogens with zero attached hydrogens (tertiary/aromatic N) is 1. The smallest absolute Gasteiger partial charge is 0.251 e. The maximum atomic E-state index is 12.7. The lowest BCUT2D eigenvalue weighted by Crippen LogP contribution is -2.31. The van der Waals surface area contributed by atoms with Gasteiger partial charge in [-0.25, -0.2) is 8.42 Å². The highest BCUT2D eigenvalue weighted by Gasteiger charge is 2.23. The minimum absolute atomic E-state index is 0.158. The molecule has 0 atom stereocenters. The van der Waals surface area contributed by atoms with Gasteiger partial charge >= 0.3 is 0 Å². The van der Waals surface area contributed by atoms with Crippen molar-refractivity contribution in [2.45, 2.75) is 31.4 Å². The number of aryl methyl sites for hydroxylation is 1. The average Bonchev–Trinajstić information content (AvgIpc) is 2.69. The molecule has 5 nitrogen and oxygen atoms in total. The number of amides is 1. The molecule has 28 heavy (non-hydrogen) atoms. The van der Waals surface area contributed by atoms with Crippen LogP contribution in [0.2, 0.25) is 0 Å². The fourth-order valence-electron chi connectivity index (χ4n) is 2.82. The van der Waals surface area contributed by atoms with E-state index in [9.17, 15) is 13.2 Å². The Balaban J connectivity index is 1.97. The summed E-state index contributed by atoms with van der Waals surface area (Å²) in [4.78, 5) is 12.7. The predicted molar refractivity (Wildman–Crippen MR) is 116 cm³/mol. The Morgan fingerprint density at radius 2 is 1.75 bits per heavy atom. The van der Waals surface area contributed by atoms with Crippen LogP contribution in [-0.2, 0) is 15.8 Å². The van der Waals surface area contributed by atoms with Crippen LogP contribution in [0.15, 0.2) is 53.4 Å². The standard InChI is InChI=1S/C21H28N2O3S2/c1-4-23(5-2)28(25,26)19-12-11-17(3)20(15-19)21(24)22-13-14-27-16-18-9-7-6-8-10-18/h6-12,15H,4-5,13-14,16H2,1-3H3,(H,22,24). The maximum absolute atomic E-state index is 12.7. The number of carbonyl (C=O) groups is 1. The number of hydrogen-bond acceptors (Lipinski definition) is 4. The van der Waals surface area contributed by atoms with Crippen molar-refractivity contribution in [1.29, 1.82) is 0 Å². The fourth-order valence-corrected chi connectivity index (χ4v) is 5.12. The van der Waals surface area contributed by atoms with E-state index in [0.717, 1.165) is 17.1 Å². The zero-order valence-corrected chi connectivity index (χ0v) is 18.3. The molecule has 152 valence electrons. The van der Waals surface area contributed by atoms with Crippen molar-refractivity contribution < 1.29 is 13.2 Å². The van der Waals surface area contributed by atoms with E-state index >= 15 is 0 Å². The molecule has 2 aromatic rings. The lowest BCUT2D eigenvalue weighted by Gasteiger charge is -2.19. The summed E-state index contributed by atoms with van der Waals surface area (Å²) < 4.78 is 26.8. The van der Waals surface area contributed by atoms with Gasteiger partial charge in [0.05, 0.1) is 4.90 Å². The second-order valence-corrected chi connectivity index (χ2v) is 9.40. The SMILES string of the molecule is CCN(CC)S(=O)(=O)c1ccc(C)c(C(=O)NCCSCc2ccccc2)c1. The summed E-state index contributed by atoms with van der Waals surface area (Å²) in [5.41, 5.74) is 2.42. The number of sulfonamides is 1. The van der Waals surface area contributed by atoms with Crippen LogP contribution in [0.4, 0.5) is 0 Å². The van der Waals surface area contributed by atoms with Crippen LogP contribution in [0.3, 0.4) is 0 Å². The summed E-state index contributed by atoms with van der Waals surface area (Å²) >= 11 is 1.75. The molecule has 0 saturated carbocycles. The zero-order valence-electron chi connectivity index (χ0n) is 16.6. The molecule has 0 aliphatic heterocycles. The van der Waals surface area contributed by atoms with Gasteiger partial charge in [-0.1, -0.05) is 50.2 Å². The Labute approximate surface area is 172 Å². The van der Waals surface area contributed by atoms with Crippen molar-refractivity contribution in [3.8, 4) is 0 Å². The number of carbonyl (C=O) groups excluding carboxylic acids is 1. The van der Waals surface area contributed by atoms with Crippen molar-refractivity contribution >= 4 is 27.7 Å². The summed E-state index contributed by atoms with van der Waals surface area (Å²) in [6, 6.07) is 14.9. The van der Waals surface area contributed by atoms with Crippen LogP contribution in [-0.4, -0.2) is 44.0 Å². The van der Waals surface area contributed by atoms with Crippen molar-refractivity contribution in [1.82, 2.24) is 9.62 Å². The Hall–Kier alpha value is -1.83. The van der Waals surface area contributed by atoms with Crippen LogP contribution < -0.4 is 5.32 Å². The molecule has 2 aromatic carbocycles. The molecule has 0 bridgehead atoms. The largest absolute Gasteiger partial charge is 0.351 e. The first-order valence-corrected chi connectivity index (χ1v) is 12.0. The third-order valence-electron chi connectivity index (χ3n) is 4.44. The minimum Gasteiger partial charge on any atom is -0.351 e. The first-order chi connectivity index (χ1) is 13.4. The molecule has 7 heteroatoms. The van der Waals surface area contributed by atoms with Crippen LogP contribution in [0.25, 0.3) is 0 Å². The molecule has 0 aromatic heterocycles. The first-order valence-electron chi connectivity index (χ1n) is 9.40. The molecular weight excluding hydrogens is 392 g/mol. The molecule has 0 heterocycles. The molecule has 2 rings (SSSR count). The fraction of sp³-hybridized carbons (Fsp3) is 0.381. The van der Waals surface area contributed by atoms with Gasteiger partial charge < -0.3 is 5.32 Å². The minimum atomic E-state index is -3.58. The van der Waals surface area contributed by atoms with Gasteiger partial charge in [0.1, 0.15) is 0 Å². The lowest BCUT2D eigenvalue weighted by molar-refractivity contribution is 0.0955. The van der Waals surface area contributed by atoms with Gasteiger partial charge in [-0.3, -0.25) is 4.79 Å². The molecule has 0 saturated heterocycles. The van der Waals surface area contributed by atoms with E-state index in [1.807, 2.05) is 25.1 Å². The number of rotatable bonds is 10. The predicted octanol–water partition coefficient (Wildman–Crippen LogP) is 3.69. The monoisotopic (exact) mass is 420 g/mol. The second kappa shape index (κ2) is 10.6. The third-order valence-corrected chi connectivity index (χ3v) is 7.52. The van der Waals surface area contributed by atoms with Gasteiger partial charge in [0.15, 0.2) is 0 Å². The summed E-state index contributed by atoms with van der Waals surface area (Å²) in [7, 11) is -3.58. The Kier molecular flexibility index (Phi) is 8.54. The summed E-state index contributed by atoms with van der Waals surface area (Å²) in [6.07, 6.45) is 0. The Morgan fingerprint density at radius 3 is 2.39 bits per heavy atom. The van der Waals surface area contributed by atoms with Gasteiger partial charge in [-0.15, -0.1) is 0 Å². The van der Waals surface area contributed by atoms with E-state index in [1.54, 1.807) is 37.7 Å². The van der Waals surface area contributed by atoms with Crippen molar-refractivity contribution in [3.63, 3.8) is 0 Å². The number of thioether (sulfide) groups is 1. The highest BCUT2D eigenvalue weighted by molar-refractivity contribution is 7.98. The summed E-state index contributed by atoms with van der Waals surface area (Å²) in [5, 5.41) is 2.89. The molecule has 0 unspecified atom stereocenters. The van der Waals surface area contributed by atoms with Crippen molar-refractivity contribution in [2.24, 2.45) is 0 Å². The van der Waals surface area contributed by atoms with Crippen molar-refractivity contribution in [2.75, 3.05) is 25.4 Å². The average molecular weight is 421 g/mol. The van der Waals surface area contributed by atoms with Crippen LogP contribution in [0, 0.1) is 6.92 Å². The maximum Gasteiger partial charge on any atom is 0.251 e. The van der Waals surface area contributed by atoms with Crippen LogP contribution in [0.5, 0.6) is 0 Å². The Bertz CT molecular complexity index is 880. The number of nitrogens with one attached hydrogen (secondary N) is 1. The van der Waals surface area contributed by atoms with E-state index in [1.165, 1.54) is 15.9 Å².